The molecule has 0 saturated carbocycles. The van der Waals surface area contributed by atoms with Gasteiger partial charge in [-0.1, -0.05) is 73.6 Å². The first-order valence-electron chi connectivity index (χ1n) is 15.8. The molecule has 0 aliphatic heterocycles. The van der Waals surface area contributed by atoms with Crippen LogP contribution in [0.3, 0.4) is 0 Å². The van der Waals surface area contributed by atoms with Crippen molar-refractivity contribution in [2.45, 2.75) is 62.5 Å². The number of carbonyl (C=O) groups excluding carboxylic acids is 2. The largest absolute Gasteiger partial charge is 0.491 e. The molecule has 6 heteroatoms. The summed E-state index contributed by atoms with van der Waals surface area (Å²) >= 11 is 1.47. The Kier molecular flexibility index (Phi) is 9.55. The number of anilines is 2. The number of ether oxygens (including phenoxy) is 2. The molecule has 5 aromatic carbocycles. The number of aryl methyl sites for hydroxylation is 1. The molecule has 5 nitrogen and oxygen atoms in total. The zero-order valence-corrected chi connectivity index (χ0v) is 27.2. The van der Waals surface area contributed by atoms with Crippen molar-refractivity contribution >= 4 is 34.7 Å². The van der Waals surface area contributed by atoms with E-state index in [1.807, 2.05) is 98.8 Å². The highest BCUT2D eigenvalue weighted by molar-refractivity contribution is 7.99. The summed E-state index contributed by atoms with van der Waals surface area (Å²) in [6.07, 6.45) is 3.48. The summed E-state index contributed by atoms with van der Waals surface area (Å²) in [6, 6.07) is 34.9. The lowest BCUT2D eigenvalue weighted by molar-refractivity contribution is 0.0977. The molecule has 0 amide bonds. The van der Waals surface area contributed by atoms with Crippen molar-refractivity contribution in [3.05, 3.63) is 143 Å². The number of benzene rings is 5. The highest BCUT2D eigenvalue weighted by Gasteiger charge is 2.33. The van der Waals surface area contributed by atoms with Crippen molar-refractivity contribution in [2.24, 2.45) is 0 Å². The molecule has 0 fully saturated rings. The SMILES string of the molecule is CCCCc1ccc(Nc2cccc3c2C(=O)c2cccc(Sc4ccc(OCc5ccc(OC(C)C)cc5)cc4)c2C3=O)cc1. The maximum Gasteiger partial charge on any atom is 0.196 e. The predicted molar refractivity (Wildman–Crippen MR) is 185 cm³/mol. The Bertz CT molecular complexity index is 1850. The van der Waals surface area contributed by atoms with Crippen LogP contribution in [0.4, 0.5) is 11.4 Å². The summed E-state index contributed by atoms with van der Waals surface area (Å²) in [4.78, 5) is 29.6. The summed E-state index contributed by atoms with van der Waals surface area (Å²) in [5, 5.41) is 3.39. The van der Waals surface area contributed by atoms with Crippen LogP contribution in [0.5, 0.6) is 11.5 Å². The minimum Gasteiger partial charge on any atom is -0.491 e. The summed E-state index contributed by atoms with van der Waals surface area (Å²) < 4.78 is 11.7. The number of fused-ring (bicyclic) bond motifs is 2. The maximum atomic E-state index is 13.9. The quantitative estimate of drug-likeness (QED) is 0.146. The molecule has 232 valence electrons. The summed E-state index contributed by atoms with van der Waals surface area (Å²) in [7, 11) is 0. The van der Waals surface area contributed by atoms with E-state index in [0.29, 0.717) is 34.5 Å². The fourth-order valence-corrected chi connectivity index (χ4v) is 6.50. The van der Waals surface area contributed by atoms with Crippen LogP contribution in [-0.4, -0.2) is 17.7 Å². The second-order valence-corrected chi connectivity index (χ2v) is 12.8. The molecule has 1 N–H and O–H groups in total. The number of unbranched alkanes of at least 4 members (excludes halogenated alkanes) is 1. The molecule has 1 aliphatic rings. The van der Waals surface area contributed by atoms with Crippen LogP contribution in [-0.2, 0) is 13.0 Å². The van der Waals surface area contributed by atoms with Gasteiger partial charge in [0.15, 0.2) is 11.6 Å². The van der Waals surface area contributed by atoms with Gasteiger partial charge < -0.3 is 14.8 Å². The van der Waals surface area contributed by atoms with Gasteiger partial charge in [0.2, 0.25) is 0 Å². The van der Waals surface area contributed by atoms with Crippen molar-refractivity contribution in [3.63, 3.8) is 0 Å². The molecule has 0 bridgehead atoms. The molecule has 0 atom stereocenters. The van der Waals surface area contributed by atoms with Gasteiger partial charge in [0, 0.05) is 32.2 Å². The Balaban J connectivity index is 1.16. The molecule has 0 aromatic heterocycles. The molecule has 0 saturated heterocycles. The van der Waals surface area contributed by atoms with E-state index in [2.05, 4.69) is 24.4 Å². The van der Waals surface area contributed by atoms with E-state index < -0.39 is 0 Å². The van der Waals surface area contributed by atoms with E-state index in [4.69, 9.17) is 9.47 Å². The second-order valence-electron chi connectivity index (χ2n) is 11.7. The van der Waals surface area contributed by atoms with Crippen LogP contribution in [0.2, 0.25) is 0 Å². The monoisotopic (exact) mass is 627 g/mol. The molecule has 0 heterocycles. The molecule has 6 rings (SSSR count). The normalized spacial score (nSPS) is 12.1. The smallest absolute Gasteiger partial charge is 0.196 e. The second kappa shape index (κ2) is 14.1. The number of nitrogens with one attached hydrogen (secondary N) is 1. The first-order chi connectivity index (χ1) is 22.4. The summed E-state index contributed by atoms with van der Waals surface area (Å²) in [5.74, 6) is 1.29. The molecule has 0 radical (unpaired) electrons. The van der Waals surface area contributed by atoms with Crippen molar-refractivity contribution in [1.29, 1.82) is 0 Å². The fraction of sp³-hybridized carbons (Fsp3) is 0.200. The van der Waals surface area contributed by atoms with Gasteiger partial charge >= 0.3 is 0 Å². The zero-order chi connectivity index (χ0) is 32.0. The van der Waals surface area contributed by atoms with Crippen molar-refractivity contribution < 1.29 is 19.1 Å². The predicted octanol–water partition coefficient (Wildman–Crippen LogP) is 10.1. The molecular formula is C40H37NO4S. The van der Waals surface area contributed by atoms with Gasteiger partial charge in [-0.25, -0.2) is 0 Å². The third-order valence-corrected chi connectivity index (χ3v) is 8.91. The number of carbonyl (C=O) groups is 2. The van der Waals surface area contributed by atoms with Gasteiger partial charge in [-0.15, -0.1) is 0 Å². The highest BCUT2D eigenvalue weighted by Crippen LogP contribution is 2.40. The van der Waals surface area contributed by atoms with E-state index in [9.17, 15) is 9.59 Å². The van der Waals surface area contributed by atoms with Crippen molar-refractivity contribution in [2.75, 3.05) is 5.32 Å². The third kappa shape index (κ3) is 7.03. The number of rotatable bonds is 12. The van der Waals surface area contributed by atoms with Gasteiger partial charge in [-0.2, -0.15) is 0 Å². The number of ketones is 2. The summed E-state index contributed by atoms with van der Waals surface area (Å²) in [6.45, 7) is 6.64. The Morgan fingerprint density at radius 3 is 2.02 bits per heavy atom. The van der Waals surface area contributed by atoms with Crippen LogP contribution in [0.15, 0.2) is 119 Å². The van der Waals surface area contributed by atoms with Crippen LogP contribution in [0, 0.1) is 0 Å². The molecule has 0 spiro atoms. The van der Waals surface area contributed by atoms with Crippen LogP contribution in [0.25, 0.3) is 0 Å². The first-order valence-corrected chi connectivity index (χ1v) is 16.6. The lowest BCUT2D eigenvalue weighted by Crippen LogP contribution is -2.23. The molecule has 1 aliphatic carbocycles. The van der Waals surface area contributed by atoms with E-state index in [1.165, 1.54) is 17.3 Å². The van der Waals surface area contributed by atoms with E-state index in [-0.39, 0.29) is 17.7 Å². The minimum absolute atomic E-state index is 0.133. The van der Waals surface area contributed by atoms with Crippen LogP contribution >= 0.6 is 11.8 Å². The van der Waals surface area contributed by atoms with E-state index >= 15 is 0 Å². The standard InChI is InChI=1S/C40H37NO4S/c1-4-5-8-27-13-17-29(18-14-27)41-35-11-6-9-33-37(35)39(42)34-10-7-12-36(38(34)40(33)43)46-32-23-21-30(22-24-32)44-25-28-15-19-31(20-16-28)45-26(2)3/h6-7,9-24,26,41H,4-5,8,25H2,1-3H3. The Hall–Kier alpha value is -4.81. The van der Waals surface area contributed by atoms with Crippen molar-refractivity contribution in [1.82, 2.24) is 0 Å². The molecule has 0 unspecified atom stereocenters. The van der Waals surface area contributed by atoms with E-state index in [1.54, 1.807) is 12.1 Å². The average Bonchev–Trinajstić information content (AvgIpc) is 3.07. The van der Waals surface area contributed by atoms with Gasteiger partial charge in [0.05, 0.1) is 17.4 Å². The zero-order valence-electron chi connectivity index (χ0n) is 26.3. The summed E-state index contributed by atoms with van der Waals surface area (Å²) in [5.41, 5.74) is 5.57. The fourth-order valence-electron chi connectivity index (χ4n) is 5.52. The Labute approximate surface area is 275 Å². The lowest BCUT2D eigenvalue weighted by Gasteiger charge is -2.22. The van der Waals surface area contributed by atoms with Crippen LogP contribution in [0.1, 0.15) is 76.6 Å². The van der Waals surface area contributed by atoms with Gasteiger partial charge in [0.25, 0.3) is 0 Å². The van der Waals surface area contributed by atoms with Gasteiger partial charge in [-0.3, -0.25) is 9.59 Å². The van der Waals surface area contributed by atoms with Crippen LogP contribution < -0.4 is 14.8 Å². The number of hydrogen-bond donors (Lipinski definition) is 1. The molecule has 5 aromatic rings. The van der Waals surface area contributed by atoms with Crippen molar-refractivity contribution in [3.8, 4) is 11.5 Å². The highest BCUT2D eigenvalue weighted by atomic mass is 32.2. The molecule has 46 heavy (non-hydrogen) atoms. The lowest BCUT2D eigenvalue weighted by atomic mass is 9.83. The minimum atomic E-state index is -0.151. The molecular weight excluding hydrogens is 591 g/mol. The Morgan fingerprint density at radius 1 is 0.696 bits per heavy atom. The number of hydrogen-bond acceptors (Lipinski definition) is 6. The maximum absolute atomic E-state index is 13.9. The van der Waals surface area contributed by atoms with Gasteiger partial charge in [0.1, 0.15) is 18.1 Å². The third-order valence-electron chi connectivity index (χ3n) is 7.84. The topological polar surface area (TPSA) is 64.6 Å². The van der Waals surface area contributed by atoms with Gasteiger partial charge in [-0.05, 0) is 98.5 Å². The first kappa shape index (κ1) is 31.2. The Morgan fingerprint density at radius 2 is 1.33 bits per heavy atom. The average molecular weight is 628 g/mol. The van der Waals surface area contributed by atoms with E-state index in [0.717, 1.165) is 51.8 Å².